The zero-order valence-electron chi connectivity index (χ0n) is 15.2. The van der Waals surface area contributed by atoms with Gasteiger partial charge in [-0.1, -0.05) is 13.8 Å². The maximum atomic E-state index is 12.9. The molecule has 0 aromatic rings. The highest BCUT2D eigenvalue weighted by molar-refractivity contribution is 7.88. The van der Waals surface area contributed by atoms with Gasteiger partial charge in [-0.2, -0.15) is 0 Å². The third-order valence-electron chi connectivity index (χ3n) is 3.95. The van der Waals surface area contributed by atoms with Crippen LogP contribution in [0.3, 0.4) is 0 Å². The molecule has 148 valence electrons. The maximum absolute atomic E-state index is 12.9. The highest BCUT2D eigenvalue weighted by atomic mass is 32.2. The van der Waals surface area contributed by atoms with Gasteiger partial charge in [0.25, 0.3) is 0 Å². The smallest absolute Gasteiger partial charge is 0.341 e. The molecule has 1 rings (SSSR count). The lowest BCUT2D eigenvalue weighted by Gasteiger charge is -2.32. The van der Waals surface area contributed by atoms with Gasteiger partial charge >= 0.3 is 17.8 Å². The zero-order chi connectivity index (χ0) is 20.1. The van der Waals surface area contributed by atoms with Crippen molar-refractivity contribution >= 4 is 33.7 Å². The Morgan fingerprint density at radius 2 is 1.92 bits per heavy atom. The van der Waals surface area contributed by atoms with Crippen molar-refractivity contribution < 1.29 is 27.6 Å². The molecule has 3 N–H and O–H groups in total. The molecular formula is C15H26N4O6S. The number of sulfonamides is 1. The number of ketones is 1. The average molecular weight is 390 g/mol. The van der Waals surface area contributed by atoms with Crippen molar-refractivity contribution in [2.75, 3.05) is 25.9 Å². The quantitative estimate of drug-likeness (QED) is 0.575. The molecule has 0 aromatic carbocycles. The first kappa shape index (κ1) is 22.0. The fourth-order valence-corrected chi connectivity index (χ4v) is 3.66. The predicted octanol–water partition coefficient (Wildman–Crippen LogP) is -0.951. The van der Waals surface area contributed by atoms with Gasteiger partial charge in [0.05, 0.1) is 12.8 Å². The van der Waals surface area contributed by atoms with E-state index >= 15 is 0 Å². The number of urea groups is 1. The topological polar surface area (TPSA) is 147 Å². The fraction of sp³-hybridized carbons (Fsp3) is 0.733. The van der Waals surface area contributed by atoms with Crippen LogP contribution in [0.1, 0.15) is 33.1 Å². The first-order valence-corrected chi connectivity index (χ1v) is 10.2. The summed E-state index contributed by atoms with van der Waals surface area (Å²) in [5.74, 6) is -3.06. The largest absolute Gasteiger partial charge is 0.361 e. The van der Waals surface area contributed by atoms with Crippen molar-refractivity contribution in [2.45, 2.75) is 39.2 Å². The number of imide groups is 1. The highest BCUT2D eigenvalue weighted by Crippen LogP contribution is 2.18. The Hall–Kier alpha value is -2.01. The van der Waals surface area contributed by atoms with Gasteiger partial charge < -0.3 is 11.1 Å². The normalized spacial score (nSPS) is 18.3. The van der Waals surface area contributed by atoms with Gasteiger partial charge in [-0.25, -0.2) is 17.5 Å². The van der Waals surface area contributed by atoms with Gasteiger partial charge in [-0.05, 0) is 31.7 Å². The van der Waals surface area contributed by atoms with Gasteiger partial charge in [0, 0.05) is 6.54 Å². The summed E-state index contributed by atoms with van der Waals surface area (Å²) >= 11 is 0. The van der Waals surface area contributed by atoms with Crippen molar-refractivity contribution in [1.82, 2.24) is 14.5 Å². The van der Waals surface area contributed by atoms with Crippen molar-refractivity contribution in [3.05, 3.63) is 0 Å². The summed E-state index contributed by atoms with van der Waals surface area (Å²) in [6, 6.07) is -2.45. The molecule has 0 radical (unpaired) electrons. The van der Waals surface area contributed by atoms with Crippen LogP contribution in [0.15, 0.2) is 0 Å². The van der Waals surface area contributed by atoms with E-state index in [1.54, 1.807) is 0 Å². The molecule has 0 bridgehead atoms. The molecule has 1 aliphatic heterocycles. The summed E-state index contributed by atoms with van der Waals surface area (Å²) in [6.07, 6.45) is 1.74. The molecule has 11 heteroatoms. The fourth-order valence-electron chi connectivity index (χ4n) is 2.59. The predicted molar refractivity (Wildman–Crippen MR) is 93.3 cm³/mol. The van der Waals surface area contributed by atoms with Gasteiger partial charge in [-0.3, -0.25) is 19.3 Å². The number of nitrogens with two attached hydrogens (primary N) is 1. The minimum atomic E-state index is -4.17. The molecule has 1 fully saturated rings. The molecule has 1 atom stereocenters. The van der Waals surface area contributed by atoms with Crippen LogP contribution < -0.4 is 11.1 Å². The summed E-state index contributed by atoms with van der Waals surface area (Å²) in [6.45, 7) is 3.92. The molecule has 0 spiro atoms. The molecule has 0 saturated carbocycles. The number of hydrogen-bond acceptors (Lipinski definition) is 7. The Morgan fingerprint density at radius 1 is 1.31 bits per heavy atom. The number of nitrogens with one attached hydrogen (secondary N) is 1. The lowest BCUT2D eigenvalue weighted by Crippen LogP contribution is -2.57. The first-order chi connectivity index (χ1) is 12.0. The van der Waals surface area contributed by atoms with Gasteiger partial charge in [0.1, 0.15) is 6.04 Å². The number of carbonyl (C=O) groups is 4. The van der Waals surface area contributed by atoms with Crippen molar-refractivity contribution in [1.29, 1.82) is 0 Å². The third-order valence-corrected chi connectivity index (χ3v) is 5.07. The van der Waals surface area contributed by atoms with Crippen LogP contribution in [-0.2, 0) is 24.4 Å². The minimum absolute atomic E-state index is 0.0836. The summed E-state index contributed by atoms with van der Waals surface area (Å²) in [4.78, 5) is 49.0. The van der Waals surface area contributed by atoms with Crippen LogP contribution in [0.4, 0.5) is 4.79 Å². The molecule has 1 aliphatic rings. The Balaban J connectivity index is 3.27. The molecule has 1 saturated heterocycles. The van der Waals surface area contributed by atoms with Crippen LogP contribution in [0.25, 0.3) is 0 Å². The summed E-state index contributed by atoms with van der Waals surface area (Å²) < 4.78 is 24.9. The van der Waals surface area contributed by atoms with Gasteiger partial charge in [0.2, 0.25) is 10.0 Å². The molecular weight excluding hydrogens is 364 g/mol. The molecule has 0 aliphatic carbocycles. The second-order valence-corrected chi connectivity index (χ2v) is 8.51. The van der Waals surface area contributed by atoms with E-state index < -0.39 is 39.7 Å². The Morgan fingerprint density at radius 3 is 2.42 bits per heavy atom. The SMILES string of the molecule is CC(C)CCN(C(=O)C(N)=O)C(=O)N([C@H]1CCCNCC1=O)S(C)(=O)=O. The second kappa shape index (κ2) is 9.08. The number of amides is 4. The lowest BCUT2D eigenvalue weighted by atomic mass is 10.1. The third kappa shape index (κ3) is 5.77. The minimum Gasteiger partial charge on any atom is -0.361 e. The summed E-state index contributed by atoms with van der Waals surface area (Å²) in [7, 11) is -4.17. The molecule has 0 unspecified atom stereocenters. The van der Waals surface area contributed by atoms with E-state index in [2.05, 4.69) is 5.32 Å². The van der Waals surface area contributed by atoms with Crippen molar-refractivity contribution in [3.8, 4) is 0 Å². The number of carbonyl (C=O) groups excluding carboxylic acids is 4. The Labute approximate surface area is 153 Å². The molecule has 10 nitrogen and oxygen atoms in total. The standard InChI is InChI=1S/C15H26N4O6S/c1-10(2)6-8-18(14(22)13(16)21)15(23)19(26(3,24)25)11-5-4-7-17-9-12(11)20/h10-11,17H,4-9H2,1-3H3,(H2,16,21)/t11-/m0/s1. The van der Waals surface area contributed by atoms with Gasteiger partial charge in [0.15, 0.2) is 5.78 Å². The first-order valence-electron chi connectivity index (χ1n) is 8.35. The van der Waals surface area contributed by atoms with Crippen LogP contribution in [-0.4, -0.2) is 73.2 Å². The molecule has 26 heavy (non-hydrogen) atoms. The number of hydrogen-bond donors (Lipinski definition) is 2. The number of nitrogens with zero attached hydrogens (tertiary/aromatic N) is 2. The zero-order valence-corrected chi connectivity index (χ0v) is 16.0. The van der Waals surface area contributed by atoms with E-state index in [1.165, 1.54) is 0 Å². The van der Waals surface area contributed by atoms with E-state index in [1.807, 2.05) is 13.8 Å². The van der Waals surface area contributed by atoms with E-state index in [-0.39, 0.29) is 25.4 Å². The monoisotopic (exact) mass is 390 g/mol. The summed E-state index contributed by atoms with van der Waals surface area (Å²) in [5, 5.41) is 2.85. The number of rotatable bonds is 5. The lowest BCUT2D eigenvalue weighted by molar-refractivity contribution is -0.142. The molecule has 1 heterocycles. The van der Waals surface area contributed by atoms with E-state index in [0.717, 1.165) is 6.26 Å². The second-order valence-electron chi connectivity index (χ2n) is 6.65. The van der Waals surface area contributed by atoms with E-state index in [0.29, 0.717) is 28.6 Å². The number of primary amides is 1. The Kier molecular flexibility index (Phi) is 7.69. The molecule has 0 aromatic heterocycles. The van der Waals surface area contributed by atoms with Crippen molar-refractivity contribution in [3.63, 3.8) is 0 Å². The van der Waals surface area contributed by atoms with E-state index in [9.17, 15) is 27.6 Å². The number of Topliss-reactive ketones (excluding diaryl/α,β-unsaturated/α-hetero) is 1. The van der Waals surface area contributed by atoms with Crippen LogP contribution >= 0.6 is 0 Å². The maximum Gasteiger partial charge on any atom is 0.341 e. The molecule has 4 amide bonds. The average Bonchev–Trinajstić information content (AvgIpc) is 2.71. The van der Waals surface area contributed by atoms with Crippen LogP contribution in [0.2, 0.25) is 0 Å². The van der Waals surface area contributed by atoms with Crippen molar-refractivity contribution in [2.24, 2.45) is 11.7 Å². The van der Waals surface area contributed by atoms with Gasteiger partial charge in [-0.15, -0.1) is 0 Å². The summed E-state index contributed by atoms with van der Waals surface area (Å²) in [5.41, 5.74) is 4.99. The van der Waals surface area contributed by atoms with Crippen LogP contribution in [0, 0.1) is 5.92 Å². The Bertz CT molecular complexity index is 676. The van der Waals surface area contributed by atoms with Crippen LogP contribution in [0.5, 0.6) is 0 Å². The van der Waals surface area contributed by atoms with E-state index in [4.69, 9.17) is 5.73 Å². The highest BCUT2D eigenvalue weighted by Gasteiger charge is 2.41.